The number of aryl methyl sites for hydroxylation is 1. The van der Waals surface area contributed by atoms with Gasteiger partial charge in [-0.1, -0.05) is 24.3 Å². The molecule has 1 atom stereocenters. The highest BCUT2D eigenvalue weighted by Crippen LogP contribution is 2.35. The number of nitrogens with zero attached hydrogens (tertiary/aromatic N) is 3. The third-order valence-corrected chi connectivity index (χ3v) is 6.45. The number of β-amino-alcohol motifs (C(OH)–C–C–N with tert-alkyl or cyclic N) is 1. The van der Waals surface area contributed by atoms with Gasteiger partial charge in [-0.2, -0.15) is 5.10 Å². The summed E-state index contributed by atoms with van der Waals surface area (Å²) in [7, 11) is 0. The van der Waals surface area contributed by atoms with E-state index in [2.05, 4.69) is 38.2 Å². The number of aromatic amines is 1. The van der Waals surface area contributed by atoms with Crippen molar-refractivity contribution in [3.05, 3.63) is 48.3 Å². The fourth-order valence-corrected chi connectivity index (χ4v) is 4.54. The Morgan fingerprint density at radius 3 is 2.55 bits per heavy atom. The Labute approximate surface area is 182 Å². The van der Waals surface area contributed by atoms with Gasteiger partial charge in [-0.25, -0.2) is 0 Å². The van der Waals surface area contributed by atoms with Crippen molar-refractivity contribution in [3.8, 4) is 16.9 Å². The molecule has 1 unspecified atom stereocenters. The van der Waals surface area contributed by atoms with Crippen LogP contribution in [-0.4, -0.2) is 89.8 Å². The summed E-state index contributed by atoms with van der Waals surface area (Å²) in [6.45, 7) is 8.72. The van der Waals surface area contributed by atoms with Crippen molar-refractivity contribution in [3.63, 3.8) is 0 Å². The highest BCUT2D eigenvalue weighted by Gasteiger charge is 2.29. The molecule has 2 aliphatic heterocycles. The summed E-state index contributed by atoms with van der Waals surface area (Å²) >= 11 is 0. The first-order valence-corrected chi connectivity index (χ1v) is 11.1. The molecule has 5 rings (SSSR count). The molecule has 3 aromatic rings. The van der Waals surface area contributed by atoms with Crippen LogP contribution in [0.15, 0.2) is 42.6 Å². The van der Waals surface area contributed by atoms with Gasteiger partial charge in [0.15, 0.2) is 0 Å². The maximum atomic E-state index is 10.6. The van der Waals surface area contributed by atoms with E-state index in [0.29, 0.717) is 12.6 Å². The van der Waals surface area contributed by atoms with Crippen LogP contribution in [0.4, 0.5) is 0 Å². The summed E-state index contributed by atoms with van der Waals surface area (Å²) in [5.41, 5.74) is 3.26. The van der Waals surface area contributed by atoms with E-state index < -0.39 is 6.10 Å². The van der Waals surface area contributed by atoms with Crippen molar-refractivity contribution in [1.82, 2.24) is 20.0 Å². The van der Waals surface area contributed by atoms with E-state index in [9.17, 15) is 5.11 Å². The van der Waals surface area contributed by atoms with Crippen molar-refractivity contribution < 1.29 is 14.6 Å². The molecular formula is C24H30N4O3. The number of nitrogens with one attached hydrogen (secondary N) is 1. The molecule has 7 nitrogen and oxygen atoms in total. The summed E-state index contributed by atoms with van der Waals surface area (Å²) < 4.78 is 11.4. The summed E-state index contributed by atoms with van der Waals surface area (Å²) in [5, 5.41) is 19.9. The van der Waals surface area contributed by atoms with Gasteiger partial charge in [0.05, 0.1) is 25.5 Å². The van der Waals surface area contributed by atoms with E-state index >= 15 is 0 Å². The van der Waals surface area contributed by atoms with Gasteiger partial charge < -0.3 is 14.6 Å². The minimum Gasteiger partial charge on any atom is -0.490 e. The van der Waals surface area contributed by atoms with Gasteiger partial charge in [0.2, 0.25) is 0 Å². The standard InChI is InChI=1S/C24H30N4O3/c1-17-23(12-25-26-17)21-6-7-24(22-5-3-2-4-20(21)22)31-16-19(29)13-27-8-10-28(11-9-27)18-14-30-15-18/h2-7,12,18-19,29H,8-11,13-16H2,1H3,(H,25,26). The Bertz CT molecular complexity index is 1020. The van der Waals surface area contributed by atoms with Crippen LogP contribution in [0, 0.1) is 6.92 Å². The first-order chi connectivity index (χ1) is 15.2. The largest absolute Gasteiger partial charge is 0.490 e. The topological polar surface area (TPSA) is 73.9 Å². The summed E-state index contributed by atoms with van der Waals surface area (Å²) in [4.78, 5) is 4.82. The molecule has 3 heterocycles. The van der Waals surface area contributed by atoms with Crippen LogP contribution in [-0.2, 0) is 4.74 Å². The number of benzene rings is 2. The van der Waals surface area contributed by atoms with Gasteiger partial charge in [-0.05, 0) is 30.0 Å². The zero-order valence-corrected chi connectivity index (χ0v) is 18.0. The number of fused-ring (bicyclic) bond motifs is 1. The molecule has 2 aliphatic rings. The number of ether oxygens (including phenoxy) is 2. The Hall–Kier alpha value is -2.45. The molecule has 2 saturated heterocycles. The highest BCUT2D eigenvalue weighted by molar-refractivity contribution is 6.00. The van der Waals surface area contributed by atoms with Crippen molar-refractivity contribution in [2.45, 2.75) is 19.1 Å². The van der Waals surface area contributed by atoms with Crippen LogP contribution in [0.25, 0.3) is 21.9 Å². The number of piperazine rings is 1. The normalized spacial score (nSPS) is 19.4. The van der Waals surface area contributed by atoms with Gasteiger partial charge in [0.25, 0.3) is 0 Å². The lowest BCUT2D eigenvalue weighted by molar-refractivity contribution is -0.0793. The van der Waals surface area contributed by atoms with E-state index in [1.165, 1.54) is 0 Å². The summed E-state index contributed by atoms with van der Waals surface area (Å²) in [5.74, 6) is 0.800. The van der Waals surface area contributed by atoms with Crippen molar-refractivity contribution in [2.75, 3.05) is 52.5 Å². The molecule has 0 bridgehead atoms. The van der Waals surface area contributed by atoms with Gasteiger partial charge in [-0.15, -0.1) is 0 Å². The quantitative estimate of drug-likeness (QED) is 0.609. The predicted molar refractivity (Wildman–Crippen MR) is 120 cm³/mol. The molecule has 7 heteroatoms. The summed E-state index contributed by atoms with van der Waals surface area (Å²) in [6.07, 6.45) is 1.34. The highest BCUT2D eigenvalue weighted by atomic mass is 16.5. The van der Waals surface area contributed by atoms with E-state index in [4.69, 9.17) is 9.47 Å². The maximum Gasteiger partial charge on any atom is 0.127 e. The molecule has 31 heavy (non-hydrogen) atoms. The van der Waals surface area contributed by atoms with Gasteiger partial charge in [-0.3, -0.25) is 14.9 Å². The Morgan fingerprint density at radius 2 is 1.87 bits per heavy atom. The zero-order valence-electron chi connectivity index (χ0n) is 18.0. The van der Waals surface area contributed by atoms with Gasteiger partial charge >= 0.3 is 0 Å². The van der Waals surface area contributed by atoms with E-state index in [1.807, 2.05) is 31.3 Å². The number of H-pyrrole nitrogens is 1. The first-order valence-electron chi connectivity index (χ1n) is 11.1. The Kier molecular flexibility index (Phi) is 5.91. The van der Waals surface area contributed by atoms with Crippen LogP contribution >= 0.6 is 0 Å². The Morgan fingerprint density at radius 1 is 1.10 bits per heavy atom. The number of rotatable bonds is 7. The molecule has 0 amide bonds. The van der Waals surface area contributed by atoms with Crippen LogP contribution < -0.4 is 4.74 Å². The maximum absolute atomic E-state index is 10.6. The minimum absolute atomic E-state index is 0.282. The third-order valence-electron chi connectivity index (χ3n) is 6.45. The van der Waals surface area contributed by atoms with Crippen molar-refractivity contribution in [1.29, 1.82) is 0 Å². The average Bonchev–Trinajstić information content (AvgIpc) is 3.18. The van der Waals surface area contributed by atoms with Crippen molar-refractivity contribution in [2.24, 2.45) is 0 Å². The number of aliphatic hydroxyl groups is 1. The lowest BCUT2D eigenvalue weighted by atomic mass is 9.98. The van der Waals surface area contributed by atoms with Crippen LogP contribution in [0.5, 0.6) is 5.75 Å². The molecule has 0 spiro atoms. The lowest BCUT2D eigenvalue weighted by Crippen LogP contribution is -2.57. The van der Waals surface area contributed by atoms with Crippen LogP contribution in [0.2, 0.25) is 0 Å². The molecule has 2 N–H and O–H groups in total. The summed E-state index contributed by atoms with van der Waals surface area (Å²) in [6, 6.07) is 12.9. The SMILES string of the molecule is Cc1[nH]ncc1-c1ccc(OCC(O)CN2CCN(C3COC3)CC2)c2ccccc12. The third kappa shape index (κ3) is 4.32. The number of aliphatic hydroxyl groups excluding tert-OH is 1. The molecule has 0 radical (unpaired) electrons. The van der Waals surface area contributed by atoms with E-state index in [-0.39, 0.29) is 6.61 Å². The second-order valence-corrected chi connectivity index (χ2v) is 8.56. The van der Waals surface area contributed by atoms with Crippen LogP contribution in [0.3, 0.4) is 0 Å². The number of aromatic nitrogens is 2. The average molecular weight is 423 g/mol. The smallest absolute Gasteiger partial charge is 0.127 e. The number of hydrogen-bond donors (Lipinski definition) is 2. The van der Waals surface area contributed by atoms with Gasteiger partial charge in [0, 0.05) is 49.4 Å². The molecule has 0 aliphatic carbocycles. The van der Waals surface area contributed by atoms with E-state index in [0.717, 1.165) is 72.7 Å². The lowest BCUT2D eigenvalue weighted by Gasteiger charge is -2.42. The Balaban J connectivity index is 1.21. The molecular weight excluding hydrogens is 392 g/mol. The fourth-order valence-electron chi connectivity index (χ4n) is 4.54. The monoisotopic (exact) mass is 422 g/mol. The molecule has 164 valence electrons. The fraction of sp³-hybridized carbons (Fsp3) is 0.458. The number of hydrogen-bond acceptors (Lipinski definition) is 6. The minimum atomic E-state index is -0.520. The molecule has 1 aromatic heterocycles. The second-order valence-electron chi connectivity index (χ2n) is 8.56. The zero-order chi connectivity index (χ0) is 21.2. The second kappa shape index (κ2) is 8.96. The predicted octanol–water partition coefficient (Wildman–Crippen LogP) is 2.29. The van der Waals surface area contributed by atoms with Crippen molar-refractivity contribution >= 4 is 10.8 Å². The molecule has 2 fully saturated rings. The van der Waals surface area contributed by atoms with Gasteiger partial charge in [0.1, 0.15) is 18.5 Å². The first kappa shape index (κ1) is 20.5. The molecule has 0 saturated carbocycles. The van der Waals surface area contributed by atoms with E-state index in [1.54, 1.807) is 0 Å². The van der Waals surface area contributed by atoms with Crippen LogP contribution in [0.1, 0.15) is 5.69 Å². The molecule has 2 aromatic carbocycles.